The smallest absolute Gasteiger partial charge is 0.224 e. The van der Waals surface area contributed by atoms with Crippen LogP contribution in [0.25, 0.3) is 0 Å². The monoisotopic (exact) mass is 333 g/mol. The number of rotatable bonds is 6. The van der Waals surface area contributed by atoms with E-state index in [2.05, 4.69) is 5.32 Å². The zero-order valence-electron chi connectivity index (χ0n) is 13.4. The summed E-state index contributed by atoms with van der Waals surface area (Å²) in [7, 11) is 3.20. The Morgan fingerprint density at radius 1 is 1.13 bits per heavy atom. The van der Waals surface area contributed by atoms with Gasteiger partial charge in [0.05, 0.1) is 26.7 Å². The molecular formula is C18H20ClNO3. The van der Waals surface area contributed by atoms with E-state index in [1.165, 1.54) is 0 Å². The number of amides is 1. The van der Waals surface area contributed by atoms with Gasteiger partial charge in [-0.1, -0.05) is 23.7 Å². The highest BCUT2D eigenvalue weighted by Gasteiger charge is 2.15. The lowest BCUT2D eigenvalue weighted by Crippen LogP contribution is -2.28. The number of carbonyl (C=O) groups excluding carboxylic acids is 1. The van der Waals surface area contributed by atoms with Gasteiger partial charge in [0.15, 0.2) is 0 Å². The van der Waals surface area contributed by atoms with Gasteiger partial charge in [0.25, 0.3) is 0 Å². The second-order valence-corrected chi connectivity index (χ2v) is 5.64. The fourth-order valence-electron chi connectivity index (χ4n) is 2.33. The lowest BCUT2D eigenvalue weighted by Gasteiger charge is -2.18. The minimum absolute atomic E-state index is 0.0577. The van der Waals surface area contributed by atoms with Gasteiger partial charge in [0.1, 0.15) is 11.5 Å². The third-order valence-electron chi connectivity index (χ3n) is 3.56. The normalized spacial score (nSPS) is 11.7. The van der Waals surface area contributed by atoms with E-state index in [0.717, 1.165) is 11.1 Å². The quantitative estimate of drug-likeness (QED) is 0.875. The van der Waals surface area contributed by atoms with E-state index in [-0.39, 0.29) is 11.9 Å². The number of nitrogens with one attached hydrogen (secondary N) is 1. The average Bonchev–Trinajstić information content (AvgIpc) is 2.56. The molecule has 1 unspecified atom stereocenters. The molecule has 5 heteroatoms. The van der Waals surface area contributed by atoms with Gasteiger partial charge in [0, 0.05) is 16.7 Å². The first-order chi connectivity index (χ1) is 11.0. The molecule has 0 heterocycles. The molecule has 0 saturated carbocycles. The molecule has 0 bridgehead atoms. The molecule has 23 heavy (non-hydrogen) atoms. The summed E-state index contributed by atoms with van der Waals surface area (Å²) < 4.78 is 10.6. The molecule has 0 radical (unpaired) electrons. The van der Waals surface area contributed by atoms with Crippen molar-refractivity contribution in [1.29, 1.82) is 0 Å². The molecule has 0 aromatic heterocycles. The molecule has 122 valence electrons. The summed E-state index contributed by atoms with van der Waals surface area (Å²) in [5.74, 6) is 1.34. The summed E-state index contributed by atoms with van der Waals surface area (Å²) in [5, 5.41) is 3.64. The fourth-order valence-corrected chi connectivity index (χ4v) is 2.46. The second kappa shape index (κ2) is 7.88. The van der Waals surface area contributed by atoms with Crippen LogP contribution in [0.2, 0.25) is 5.02 Å². The predicted molar refractivity (Wildman–Crippen MR) is 91.3 cm³/mol. The van der Waals surface area contributed by atoms with Gasteiger partial charge in [-0.15, -0.1) is 0 Å². The van der Waals surface area contributed by atoms with Crippen LogP contribution in [-0.4, -0.2) is 20.1 Å². The highest BCUT2D eigenvalue weighted by Crippen LogP contribution is 2.29. The first-order valence-electron chi connectivity index (χ1n) is 7.29. The molecule has 0 aliphatic heterocycles. The van der Waals surface area contributed by atoms with Crippen LogP contribution in [0, 0.1) is 0 Å². The van der Waals surface area contributed by atoms with Crippen LogP contribution in [0.4, 0.5) is 0 Å². The highest BCUT2D eigenvalue weighted by molar-refractivity contribution is 6.30. The van der Waals surface area contributed by atoms with Crippen molar-refractivity contribution in [3.8, 4) is 11.5 Å². The number of hydrogen-bond acceptors (Lipinski definition) is 3. The molecule has 1 amide bonds. The van der Waals surface area contributed by atoms with Gasteiger partial charge < -0.3 is 14.8 Å². The van der Waals surface area contributed by atoms with Crippen molar-refractivity contribution in [2.24, 2.45) is 0 Å². The van der Waals surface area contributed by atoms with Crippen molar-refractivity contribution in [3.63, 3.8) is 0 Å². The Morgan fingerprint density at radius 3 is 2.43 bits per heavy atom. The summed E-state index contributed by atoms with van der Waals surface area (Å²) in [5.41, 5.74) is 1.82. The molecule has 2 aromatic rings. The Morgan fingerprint density at radius 2 is 1.83 bits per heavy atom. The van der Waals surface area contributed by atoms with E-state index >= 15 is 0 Å². The van der Waals surface area contributed by atoms with Gasteiger partial charge in [-0.3, -0.25) is 4.79 Å². The largest absolute Gasteiger partial charge is 0.497 e. The molecule has 1 N–H and O–H groups in total. The minimum atomic E-state index is -0.171. The van der Waals surface area contributed by atoms with Crippen molar-refractivity contribution in [2.75, 3.05) is 14.2 Å². The van der Waals surface area contributed by atoms with E-state index in [0.29, 0.717) is 22.9 Å². The van der Waals surface area contributed by atoms with Crippen LogP contribution in [0.5, 0.6) is 11.5 Å². The van der Waals surface area contributed by atoms with Crippen LogP contribution in [0.1, 0.15) is 24.1 Å². The average molecular weight is 334 g/mol. The molecule has 0 fully saturated rings. The Balaban J connectivity index is 2.04. The van der Waals surface area contributed by atoms with E-state index in [1.807, 2.05) is 31.2 Å². The standard InChI is InChI=1S/C18H20ClNO3/c1-12(16-9-8-15(22-2)11-17(16)23-3)20-18(21)10-13-4-6-14(19)7-5-13/h4-9,11-12H,10H2,1-3H3,(H,20,21). The maximum absolute atomic E-state index is 12.2. The summed E-state index contributed by atoms with van der Waals surface area (Å²) in [6.07, 6.45) is 0.306. The third-order valence-corrected chi connectivity index (χ3v) is 3.81. The van der Waals surface area contributed by atoms with Crippen molar-refractivity contribution < 1.29 is 14.3 Å². The Hall–Kier alpha value is -2.20. The first-order valence-corrected chi connectivity index (χ1v) is 7.67. The highest BCUT2D eigenvalue weighted by atomic mass is 35.5. The van der Waals surface area contributed by atoms with Crippen LogP contribution in [-0.2, 0) is 11.2 Å². The maximum Gasteiger partial charge on any atom is 0.224 e. The van der Waals surface area contributed by atoms with Crippen molar-refractivity contribution >= 4 is 17.5 Å². The molecule has 2 rings (SSSR count). The summed E-state index contributed by atoms with van der Waals surface area (Å²) >= 11 is 5.85. The summed E-state index contributed by atoms with van der Waals surface area (Å²) in [4.78, 5) is 12.2. The van der Waals surface area contributed by atoms with Crippen LogP contribution in [0.3, 0.4) is 0 Å². The molecule has 0 aliphatic rings. The third kappa shape index (κ3) is 4.63. The maximum atomic E-state index is 12.2. The van der Waals surface area contributed by atoms with Crippen molar-refractivity contribution in [1.82, 2.24) is 5.32 Å². The molecule has 0 aliphatic carbocycles. The number of methoxy groups -OCH3 is 2. The minimum Gasteiger partial charge on any atom is -0.497 e. The summed E-state index contributed by atoms with van der Waals surface area (Å²) in [6, 6.07) is 12.6. The molecule has 0 spiro atoms. The molecule has 1 atom stereocenters. The lowest BCUT2D eigenvalue weighted by molar-refractivity contribution is -0.121. The van der Waals surface area contributed by atoms with Crippen LogP contribution < -0.4 is 14.8 Å². The zero-order chi connectivity index (χ0) is 16.8. The van der Waals surface area contributed by atoms with Crippen molar-refractivity contribution in [2.45, 2.75) is 19.4 Å². The SMILES string of the molecule is COc1ccc(C(C)NC(=O)Cc2ccc(Cl)cc2)c(OC)c1. The Bertz CT molecular complexity index is 670. The molecule has 0 saturated heterocycles. The van der Waals surface area contributed by atoms with E-state index in [4.69, 9.17) is 21.1 Å². The molecule has 4 nitrogen and oxygen atoms in total. The number of hydrogen-bond donors (Lipinski definition) is 1. The number of halogens is 1. The first kappa shape index (κ1) is 17.2. The fraction of sp³-hybridized carbons (Fsp3) is 0.278. The number of benzene rings is 2. The van der Waals surface area contributed by atoms with Gasteiger partial charge in [-0.2, -0.15) is 0 Å². The van der Waals surface area contributed by atoms with Crippen LogP contribution >= 0.6 is 11.6 Å². The summed E-state index contributed by atoms with van der Waals surface area (Å²) in [6.45, 7) is 1.92. The lowest BCUT2D eigenvalue weighted by atomic mass is 10.1. The van der Waals surface area contributed by atoms with E-state index in [1.54, 1.807) is 32.4 Å². The van der Waals surface area contributed by atoms with Gasteiger partial charge in [0.2, 0.25) is 5.91 Å². The Kier molecular flexibility index (Phi) is 5.88. The second-order valence-electron chi connectivity index (χ2n) is 5.20. The topological polar surface area (TPSA) is 47.6 Å². The number of ether oxygens (including phenoxy) is 2. The predicted octanol–water partition coefficient (Wildman–Crippen LogP) is 3.78. The number of carbonyl (C=O) groups is 1. The zero-order valence-corrected chi connectivity index (χ0v) is 14.2. The van der Waals surface area contributed by atoms with Crippen molar-refractivity contribution in [3.05, 3.63) is 58.6 Å². The molecule has 2 aromatic carbocycles. The van der Waals surface area contributed by atoms with Gasteiger partial charge >= 0.3 is 0 Å². The van der Waals surface area contributed by atoms with E-state index in [9.17, 15) is 4.79 Å². The van der Waals surface area contributed by atoms with Crippen LogP contribution in [0.15, 0.2) is 42.5 Å². The van der Waals surface area contributed by atoms with E-state index < -0.39 is 0 Å². The Labute approximate surface area is 141 Å². The van der Waals surface area contributed by atoms with Gasteiger partial charge in [-0.25, -0.2) is 0 Å². The molecular weight excluding hydrogens is 314 g/mol. The van der Waals surface area contributed by atoms with Gasteiger partial charge in [-0.05, 0) is 36.8 Å².